The molecule has 2 heterocycles. The summed E-state index contributed by atoms with van der Waals surface area (Å²) in [6.45, 7) is 4.87. The van der Waals surface area contributed by atoms with Crippen LogP contribution in [0.5, 0.6) is 17.2 Å². The molecule has 31 heavy (non-hydrogen) atoms. The van der Waals surface area contributed by atoms with E-state index in [0.29, 0.717) is 46.4 Å². The van der Waals surface area contributed by atoms with Crippen molar-refractivity contribution in [2.45, 2.75) is 32.7 Å². The molecule has 0 aliphatic carbocycles. The molecule has 0 spiro atoms. The minimum atomic E-state index is -0.444. The van der Waals surface area contributed by atoms with Crippen molar-refractivity contribution in [1.82, 2.24) is 15.1 Å². The molecule has 1 aliphatic rings. The number of rotatable bonds is 7. The molecule has 0 saturated carbocycles. The van der Waals surface area contributed by atoms with Gasteiger partial charge >= 0.3 is 0 Å². The second-order valence-corrected chi connectivity index (χ2v) is 7.87. The van der Waals surface area contributed by atoms with Crippen LogP contribution in [-0.4, -0.2) is 44.4 Å². The number of carbonyl (C=O) groups excluding carboxylic acids is 1. The minimum absolute atomic E-state index is 0.0256. The number of phenols is 2. The predicted octanol–water partition coefficient (Wildman–Crippen LogP) is 4.89. The van der Waals surface area contributed by atoms with Gasteiger partial charge in [-0.05, 0) is 49.2 Å². The lowest BCUT2D eigenvalue weighted by molar-refractivity contribution is 0.0741. The number of H-pyrrole nitrogens is 1. The van der Waals surface area contributed by atoms with Gasteiger partial charge in [0.1, 0.15) is 17.1 Å². The van der Waals surface area contributed by atoms with Crippen LogP contribution in [-0.2, 0) is 0 Å². The Morgan fingerprint density at radius 1 is 1.16 bits per heavy atom. The lowest BCUT2D eigenvalue weighted by atomic mass is 9.95. The average molecular weight is 442 g/mol. The Kier molecular flexibility index (Phi) is 5.78. The lowest BCUT2D eigenvalue weighted by Crippen LogP contribution is -2.30. The number of hydrogen-bond acceptors (Lipinski definition) is 5. The molecule has 0 radical (unpaired) electrons. The van der Waals surface area contributed by atoms with Gasteiger partial charge in [0.2, 0.25) is 0 Å². The highest BCUT2D eigenvalue weighted by molar-refractivity contribution is 6.31. The number of amides is 1. The Balaban J connectivity index is 1.89. The number of benzene rings is 2. The summed E-state index contributed by atoms with van der Waals surface area (Å²) in [5.41, 5.74) is 2.77. The second-order valence-electron chi connectivity index (χ2n) is 7.44. The Morgan fingerprint density at radius 2 is 1.94 bits per heavy atom. The monoisotopic (exact) mass is 441 g/mol. The van der Waals surface area contributed by atoms with Crippen molar-refractivity contribution in [3.8, 4) is 28.5 Å². The third kappa shape index (κ3) is 3.70. The standard InChI is InChI=1S/C23H24ClN3O4/c1-3-5-10-27-22(13-6-8-17(29)18(11-13)31-4-2)19-20(25-26-21(19)23(27)30)15-12-14(24)7-9-16(15)28/h6-9,11-12,22,28-29H,3-5,10H2,1-2H3,(H,25,26). The van der Waals surface area contributed by atoms with E-state index in [9.17, 15) is 15.0 Å². The molecule has 7 nitrogen and oxygen atoms in total. The number of aromatic amines is 1. The molecule has 0 bridgehead atoms. The number of nitrogens with one attached hydrogen (secondary N) is 1. The molecule has 4 rings (SSSR count). The molecule has 2 aromatic carbocycles. The van der Waals surface area contributed by atoms with Gasteiger partial charge in [0, 0.05) is 22.7 Å². The molecule has 3 aromatic rings. The maximum Gasteiger partial charge on any atom is 0.273 e. The molecule has 1 unspecified atom stereocenters. The Morgan fingerprint density at radius 3 is 2.68 bits per heavy atom. The summed E-state index contributed by atoms with van der Waals surface area (Å²) < 4.78 is 5.56. The van der Waals surface area contributed by atoms with Crippen molar-refractivity contribution < 1.29 is 19.7 Å². The van der Waals surface area contributed by atoms with Gasteiger partial charge in [0.05, 0.1) is 12.6 Å². The number of nitrogens with zero attached hydrogens (tertiary/aromatic N) is 2. The van der Waals surface area contributed by atoms with E-state index in [1.807, 2.05) is 6.92 Å². The van der Waals surface area contributed by atoms with Crippen LogP contribution in [0.25, 0.3) is 11.3 Å². The molecule has 0 fully saturated rings. The quantitative estimate of drug-likeness (QED) is 0.485. The van der Waals surface area contributed by atoms with Crippen LogP contribution in [0.1, 0.15) is 54.3 Å². The molecule has 1 amide bonds. The van der Waals surface area contributed by atoms with Crippen molar-refractivity contribution in [1.29, 1.82) is 0 Å². The largest absolute Gasteiger partial charge is 0.507 e. The van der Waals surface area contributed by atoms with Crippen LogP contribution in [0, 0.1) is 0 Å². The van der Waals surface area contributed by atoms with Crippen LogP contribution < -0.4 is 4.74 Å². The van der Waals surface area contributed by atoms with Crippen LogP contribution in [0.4, 0.5) is 0 Å². The predicted molar refractivity (Wildman–Crippen MR) is 118 cm³/mol. The summed E-state index contributed by atoms with van der Waals surface area (Å²) in [5.74, 6) is 0.263. The highest BCUT2D eigenvalue weighted by Gasteiger charge is 2.42. The first-order valence-electron chi connectivity index (χ1n) is 10.3. The van der Waals surface area contributed by atoms with Gasteiger partial charge in [-0.3, -0.25) is 9.89 Å². The zero-order chi connectivity index (χ0) is 22.1. The van der Waals surface area contributed by atoms with E-state index in [1.54, 1.807) is 35.2 Å². The van der Waals surface area contributed by atoms with Crippen molar-refractivity contribution in [3.05, 3.63) is 58.2 Å². The average Bonchev–Trinajstić information content (AvgIpc) is 3.29. The van der Waals surface area contributed by atoms with Crippen molar-refractivity contribution in [2.75, 3.05) is 13.2 Å². The number of fused-ring (bicyclic) bond motifs is 1. The molecule has 0 saturated heterocycles. The Labute approximate surface area is 185 Å². The zero-order valence-corrected chi connectivity index (χ0v) is 18.1. The number of phenolic OH excluding ortho intramolecular Hbond substituents is 2. The number of aromatic hydroxyl groups is 2. The van der Waals surface area contributed by atoms with Gasteiger partial charge < -0.3 is 19.8 Å². The summed E-state index contributed by atoms with van der Waals surface area (Å²) in [6.07, 6.45) is 1.78. The maximum atomic E-state index is 13.2. The molecular formula is C23H24ClN3O4. The van der Waals surface area contributed by atoms with E-state index >= 15 is 0 Å². The van der Waals surface area contributed by atoms with E-state index in [2.05, 4.69) is 17.1 Å². The summed E-state index contributed by atoms with van der Waals surface area (Å²) in [6, 6.07) is 9.38. The topological polar surface area (TPSA) is 98.7 Å². The summed E-state index contributed by atoms with van der Waals surface area (Å²) in [4.78, 5) is 15.0. The van der Waals surface area contributed by atoms with Crippen LogP contribution in [0.2, 0.25) is 5.02 Å². The molecular weight excluding hydrogens is 418 g/mol. The third-order valence-corrected chi connectivity index (χ3v) is 5.66. The Bertz CT molecular complexity index is 1130. The van der Waals surface area contributed by atoms with Crippen molar-refractivity contribution in [2.24, 2.45) is 0 Å². The van der Waals surface area contributed by atoms with Gasteiger partial charge in [-0.25, -0.2) is 0 Å². The van der Waals surface area contributed by atoms with Gasteiger partial charge in [0.15, 0.2) is 11.5 Å². The summed E-state index contributed by atoms with van der Waals surface area (Å²) >= 11 is 6.17. The maximum absolute atomic E-state index is 13.2. The molecule has 8 heteroatoms. The fraction of sp³-hybridized carbons (Fsp3) is 0.304. The molecule has 1 aromatic heterocycles. The first-order chi connectivity index (χ1) is 15.0. The molecule has 162 valence electrons. The normalized spacial score (nSPS) is 15.4. The highest BCUT2D eigenvalue weighted by atomic mass is 35.5. The van der Waals surface area contributed by atoms with Crippen molar-refractivity contribution >= 4 is 17.5 Å². The second kappa shape index (κ2) is 8.51. The van der Waals surface area contributed by atoms with Gasteiger partial charge in [-0.15, -0.1) is 0 Å². The number of hydrogen-bond donors (Lipinski definition) is 3. The molecule has 3 N–H and O–H groups in total. The number of unbranched alkanes of at least 4 members (excludes halogenated alkanes) is 1. The first kappa shape index (κ1) is 21.1. The SMILES string of the molecule is CCCCN1C(=O)c2[nH]nc(-c3cc(Cl)ccc3O)c2C1c1ccc(O)c(OCC)c1. The van der Waals surface area contributed by atoms with Crippen LogP contribution in [0.3, 0.4) is 0 Å². The van der Waals surface area contributed by atoms with Crippen LogP contribution in [0.15, 0.2) is 36.4 Å². The van der Waals surface area contributed by atoms with Crippen molar-refractivity contribution in [3.63, 3.8) is 0 Å². The van der Waals surface area contributed by atoms with E-state index < -0.39 is 6.04 Å². The van der Waals surface area contributed by atoms with E-state index in [1.165, 1.54) is 6.07 Å². The van der Waals surface area contributed by atoms with E-state index in [4.69, 9.17) is 16.3 Å². The fourth-order valence-electron chi connectivity index (χ4n) is 3.98. The first-order valence-corrected chi connectivity index (χ1v) is 10.7. The minimum Gasteiger partial charge on any atom is -0.507 e. The summed E-state index contributed by atoms with van der Waals surface area (Å²) in [5, 5.41) is 28.3. The smallest absolute Gasteiger partial charge is 0.273 e. The highest BCUT2D eigenvalue weighted by Crippen LogP contribution is 2.46. The number of ether oxygens (including phenoxy) is 1. The molecule has 1 aliphatic heterocycles. The zero-order valence-electron chi connectivity index (χ0n) is 17.4. The molecule has 1 atom stereocenters. The van der Waals surface area contributed by atoms with Crippen LogP contribution >= 0.6 is 11.6 Å². The lowest BCUT2D eigenvalue weighted by Gasteiger charge is -2.26. The number of halogens is 1. The van der Waals surface area contributed by atoms with E-state index in [-0.39, 0.29) is 17.4 Å². The van der Waals surface area contributed by atoms with E-state index in [0.717, 1.165) is 18.4 Å². The van der Waals surface area contributed by atoms with Gasteiger partial charge in [0.25, 0.3) is 5.91 Å². The van der Waals surface area contributed by atoms with Gasteiger partial charge in [-0.1, -0.05) is 31.0 Å². The summed E-state index contributed by atoms with van der Waals surface area (Å²) in [7, 11) is 0. The fourth-order valence-corrected chi connectivity index (χ4v) is 4.15. The van der Waals surface area contributed by atoms with Gasteiger partial charge in [-0.2, -0.15) is 5.10 Å². The Hall–Kier alpha value is -3.19. The number of aromatic nitrogens is 2. The number of carbonyl (C=O) groups is 1. The third-order valence-electron chi connectivity index (χ3n) is 5.43.